The van der Waals surface area contributed by atoms with E-state index in [-0.39, 0.29) is 0 Å². The minimum Gasteiger partial charge on any atom is -0.495 e. The number of rotatable bonds is 9. The third-order valence-corrected chi connectivity index (χ3v) is 5.36. The number of nitrogens with one attached hydrogen (secondary N) is 1. The molecule has 0 spiro atoms. The fourth-order valence-corrected chi connectivity index (χ4v) is 3.64. The van der Waals surface area contributed by atoms with E-state index >= 15 is 0 Å². The van der Waals surface area contributed by atoms with E-state index in [0.29, 0.717) is 33.6 Å². The van der Waals surface area contributed by atoms with E-state index in [2.05, 4.69) is 4.72 Å². The fourth-order valence-electron chi connectivity index (χ4n) is 2.95. The Balaban J connectivity index is 1.83. The number of ether oxygens (including phenoxy) is 4. The highest BCUT2D eigenvalue weighted by molar-refractivity contribution is 8.00. The smallest absolute Gasteiger partial charge is 0.203 e. The lowest BCUT2D eigenvalue weighted by Gasteiger charge is -2.13. The largest absolute Gasteiger partial charge is 0.495 e. The van der Waals surface area contributed by atoms with Gasteiger partial charge in [-0.3, -0.25) is 0 Å². The minimum atomic E-state index is -0.897. The molecule has 0 aliphatic heterocycles. The molecule has 0 amide bonds. The number of anilines is 1. The summed E-state index contributed by atoms with van der Waals surface area (Å²) in [6.45, 7) is 0. The van der Waals surface area contributed by atoms with Crippen molar-refractivity contribution in [2.45, 2.75) is 4.90 Å². The maximum absolute atomic E-state index is 13.5. The Morgan fingerprint density at radius 2 is 1.34 bits per heavy atom. The van der Waals surface area contributed by atoms with Gasteiger partial charge < -0.3 is 23.7 Å². The number of benzene rings is 3. The van der Waals surface area contributed by atoms with Gasteiger partial charge in [-0.2, -0.15) is 0 Å². The molecule has 0 heterocycles. The van der Waals surface area contributed by atoms with Crippen molar-refractivity contribution in [3.05, 3.63) is 71.3 Å². The second-order valence-electron chi connectivity index (χ2n) is 6.53. The molecule has 1 N–H and O–H groups in total. The summed E-state index contributed by atoms with van der Waals surface area (Å²) in [6, 6.07) is 13.0. The quantitative estimate of drug-likeness (QED) is 0.300. The number of hydrogen-bond donors (Lipinski definition) is 1. The van der Waals surface area contributed by atoms with Gasteiger partial charge in [0.25, 0.3) is 0 Å². The molecule has 0 bridgehead atoms. The maximum atomic E-state index is 13.5. The standard InChI is InChI=1S/C24H23F2NO4S/c1-28-21-10-7-15(11-20(21)27-32-17-8-9-18(25)19(26)14-17)5-6-16-12-22(29-2)24(31-4)23(13-16)30-3/h5-14,27H,1-4H3/b6-5-. The van der Waals surface area contributed by atoms with Gasteiger partial charge in [0.2, 0.25) is 5.75 Å². The first-order chi connectivity index (χ1) is 15.5. The van der Waals surface area contributed by atoms with Crippen LogP contribution in [0.4, 0.5) is 14.5 Å². The predicted octanol–water partition coefficient (Wildman–Crippen LogP) is 6.29. The van der Waals surface area contributed by atoms with E-state index in [4.69, 9.17) is 18.9 Å². The van der Waals surface area contributed by atoms with Crippen LogP contribution < -0.4 is 23.7 Å². The van der Waals surface area contributed by atoms with Crippen molar-refractivity contribution in [2.24, 2.45) is 0 Å². The summed E-state index contributed by atoms with van der Waals surface area (Å²) in [5.41, 5.74) is 2.45. The van der Waals surface area contributed by atoms with Crippen LogP contribution in [0, 0.1) is 11.6 Å². The average molecular weight is 460 g/mol. The Labute approximate surface area is 190 Å². The molecule has 0 aliphatic rings. The number of hydrogen-bond acceptors (Lipinski definition) is 6. The lowest BCUT2D eigenvalue weighted by Crippen LogP contribution is -1.95. The van der Waals surface area contributed by atoms with E-state index in [9.17, 15) is 8.78 Å². The highest BCUT2D eigenvalue weighted by atomic mass is 32.2. The van der Waals surface area contributed by atoms with Crippen molar-refractivity contribution in [1.29, 1.82) is 0 Å². The highest BCUT2D eigenvalue weighted by Crippen LogP contribution is 2.39. The molecular weight excluding hydrogens is 436 g/mol. The minimum absolute atomic E-state index is 0.525. The molecule has 5 nitrogen and oxygen atoms in total. The number of halogens is 2. The summed E-state index contributed by atoms with van der Waals surface area (Å²) < 4.78 is 51.3. The van der Waals surface area contributed by atoms with Crippen molar-refractivity contribution in [3.8, 4) is 23.0 Å². The molecule has 0 atom stereocenters. The van der Waals surface area contributed by atoms with Gasteiger partial charge >= 0.3 is 0 Å². The molecule has 3 aromatic rings. The molecular formula is C24H23F2NO4S. The molecule has 0 radical (unpaired) electrons. The summed E-state index contributed by atoms with van der Waals surface area (Å²) >= 11 is 1.16. The molecule has 8 heteroatoms. The summed E-state index contributed by atoms with van der Waals surface area (Å²) in [7, 11) is 6.25. The summed E-state index contributed by atoms with van der Waals surface area (Å²) in [4.78, 5) is 0.532. The van der Waals surface area contributed by atoms with Crippen LogP contribution in [0.3, 0.4) is 0 Å². The third kappa shape index (κ3) is 5.45. The van der Waals surface area contributed by atoms with Crippen molar-refractivity contribution < 1.29 is 27.7 Å². The van der Waals surface area contributed by atoms with Crippen molar-refractivity contribution in [3.63, 3.8) is 0 Å². The molecule has 0 aromatic heterocycles. The molecule has 3 rings (SSSR count). The van der Waals surface area contributed by atoms with E-state index in [1.54, 1.807) is 28.4 Å². The maximum Gasteiger partial charge on any atom is 0.203 e. The lowest BCUT2D eigenvalue weighted by atomic mass is 10.1. The second kappa shape index (κ2) is 10.8. The Morgan fingerprint density at radius 1 is 0.688 bits per heavy atom. The first-order valence-electron chi connectivity index (χ1n) is 9.53. The molecule has 0 saturated carbocycles. The van der Waals surface area contributed by atoms with Crippen LogP contribution in [0.1, 0.15) is 11.1 Å². The first kappa shape index (κ1) is 23.3. The molecule has 168 valence electrons. The van der Waals surface area contributed by atoms with Crippen molar-refractivity contribution >= 4 is 29.8 Å². The van der Waals surface area contributed by atoms with Gasteiger partial charge in [-0.05, 0) is 65.5 Å². The summed E-state index contributed by atoms with van der Waals surface area (Å²) in [5.74, 6) is 0.483. The zero-order chi connectivity index (χ0) is 23.1. The van der Waals surface area contributed by atoms with Crippen LogP contribution in [0.25, 0.3) is 12.2 Å². The Kier molecular flexibility index (Phi) is 7.83. The van der Waals surface area contributed by atoms with Crippen LogP contribution in [-0.4, -0.2) is 28.4 Å². The van der Waals surface area contributed by atoms with E-state index in [0.717, 1.165) is 35.2 Å². The van der Waals surface area contributed by atoms with Gasteiger partial charge in [-0.1, -0.05) is 18.2 Å². The van der Waals surface area contributed by atoms with Crippen LogP contribution in [-0.2, 0) is 0 Å². The molecule has 32 heavy (non-hydrogen) atoms. The van der Waals surface area contributed by atoms with E-state index < -0.39 is 11.6 Å². The Morgan fingerprint density at radius 3 is 1.94 bits per heavy atom. The van der Waals surface area contributed by atoms with Crippen LogP contribution >= 0.6 is 11.9 Å². The summed E-state index contributed by atoms with van der Waals surface area (Å²) in [5, 5.41) is 0. The first-order valence-corrected chi connectivity index (χ1v) is 10.3. The predicted molar refractivity (Wildman–Crippen MR) is 124 cm³/mol. The Bertz CT molecular complexity index is 1100. The van der Waals surface area contributed by atoms with Crippen LogP contribution in [0.5, 0.6) is 23.0 Å². The normalized spacial score (nSPS) is 10.8. The van der Waals surface area contributed by atoms with Crippen molar-refractivity contribution in [2.75, 3.05) is 33.2 Å². The zero-order valence-corrected chi connectivity index (χ0v) is 18.9. The average Bonchev–Trinajstić information content (AvgIpc) is 2.82. The molecule has 0 fully saturated rings. The van der Waals surface area contributed by atoms with Gasteiger partial charge in [0.1, 0.15) is 5.75 Å². The highest BCUT2D eigenvalue weighted by Gasteiger charge is 2.12. The lowest BCUT2D eigenvalue weighted by molar-refractivity contribution is 0.324. The van der Waals surface area contributed by atoms with Gasteiger partial charge in [0, 0.05) is 4.90 Å². The molecule has 0 saturated heterocycles. The zero-order valence-electron chi connectivity index (χ0n) is 18.1. The fraction of sp³-hybridized carbons (Fsp3) is 0.167. The molecule has 0 unspecified atom stereocenters. The van der Waals surface area contributed by atoms with Crippen molar-refractivity contribution in [1.82, 2.24) is 0 Å². The van der Waals surface area contributed by atoms with Crippen LogP contribution in [0.15, 0.2) is 53.4 Å². The third-order valence-electron chi connectivity index (χ3n) is 4.55. The Hall–Kier alpha value is -3.39. The van der Waals surface area contributed by atoms with E-state index in [1.807, 2.05) is 42.5 Å². The summed E-state index contributed by atoms with van der Waals surface area (Å²) in [6.07, 6.45) is 3.84. The topological polar surface area (TPSA) is 49.0 Å². The molecule has 3 aromatic carbocycles. The SMILES string of the molecule is COc1ccc(/C=C\c2cc(OC)c(OC)c(OC)c2)cc1NSc1ccc(F)c(F)c1. The van der Waals surface area contributed by atoms with Gasteiger partial charge in [0.05, 0.1) is 34.1 Å². The van der Waals surface area contributed by atoms with Crippen LogP contribution in [0.2, 0.25) is 0 Å². The van der Waals surface area contributed by atoms with Gasteiger partial charge in [-0.25, -0.2) is 8.78 Å². The number of methoxy groups -OCH3 is 4. The van der Waals surface area contributed by atoms with E-state index in [1.165, 1.54) is 6.07 Å². The van der Waals surface area contributed by atoms with Gasteiger partial charge in [-0.15, -0.1) is 0 Å². The molecule has 0 aliphatic carbocycles. The second-order valence-corrected chi connectivity index (χ2v) is 7.41. The monoisotopic (exact) mass is 459 g/mol. The van der Waals surface area contributed by atoms with Gasteiger partial charge in [0.15, 0.2) is 23.1 Å².